The van der Waals surface area contributed by atoms with Crippen molar-refractivity contribution in [1.29, 1.82) is 0 Å². The summed E-state index contributed by atoms with van der Waals surface area (Å²) < 4.78 is 11.4. The van der Waals surface area contributed by atoms with Gasteiger partial charge in [-0.25, -0.2) is 0 Å². The van der Waals surface area contributed by atoms with Crippen molar-refractivity contribution in [2.24, 2.45) is 11.8 Å². The van der Waals surface area contributed by atoms with E-state index in [0.717, 1.165) is 51.9 Å². The smallest absolute Gasteiger partial charge is 0.0939 e. The van der Waals surface area contributed by atoms with Crippen molar-refractivity contribution in [2.45, 2.75) is 43.7 Å². The van der Waals surface area contributed by atoms with E-state index in [9.17, 15) is 0 Å². The predicted octanol–water partition coefficient (Wildman–Crippen LogP) is 1.42. The summed E-state index contributed by atoms with van der Waals surface area (Å²) in [6.07, 6.45) is 5.22. The number of hydrazine groups is 1. The molecule has 4 nitrogen and oxygen atoms in total. The molecule has 2 fully saturated rings. The monoisotopic (exact) mass is 262 g/mol. The van der Waals surface area contributed by atoms with Crippen molar-refractivity contribution in [1.82, 2.24) is 5.43 Å². The Morgan fingerprint density at radius 2 is 2.35 bits per heavy atom. The summed E-state index contributed by atoms with van der Waals surface area (Å²) in [4.78, 5) is 0. The summed E-state index contributed by atoms with van der Waals surface area (Å²) >= 11 is 5.75. The topological polar surface area (TPSA) is 56.5 Å². The molecule has 0 aromatic heterocycles. The SMILES string of the molecule is NNC(CCCCl)C1CCOC2(CCOC2)C1. The third-order valence-electron chi connectivity index (χ3n) is 4.03. The van der Waals surface area contributed by atoms with Gasteiger partial charge in [-0.05, 0) is 31.6 Å². The van der Waals surface area contributed by atoms with E-state index in [1.165, 1.54) is 0 Å². The molecular weight excluding hydrogens is 240 g/mol. The van der Waals surface area contributed by atoms with Crippen LogP contribution in [0.5, 0.6) is 0 Å². The zero-order valence-corrected chi connectivity index (χ0v) is 11.0. The Labute approximate surface area is 108 Å². The Kier molecular flexibility index (Phi) is 5.06. The first-order valence-corrected chi connectivity index (χ1v) is 7.07. The highest BCUT2D eigenvalue weighted by Crippen LogP contribution is 2.37. The van der Waals surface area contributed by atoms with Crippen molar-refractivity contribution < 1.29 is 9.47 Å². The first-order valence-electron chi connectivity index (χ1n) is 6.53. The van der Waals surface area contributed by atoms with Crippen LogP contribution in [-0.4, -0.2) is 37.3 Å². The average molecular weight is 263 g/mol. The van der Waals surface area contributed by atoms with E-state index in [1.54, 1.807) is 0 Å². The van der Waals surface area contributed by atoms with Crippen molar-refractivity contribution in [3.8, 4) is 0 Å². The largest absolute Gasteiger partial charge is 0.378 e. The maximum Gasteiger partial charge on any atom is 0.0939 e. The van der Waals surface area contributed by atoms with Crippen molar-refractivity contribution in [2.75, 3.05) is 25.7 Å². The van der Waals surface area contributed by atoms with Crippen LogP contribution in [0.2, 0.25) is 0 Å². The van der Waals surface area contributed by atoms with Crippen molar-refractivity contribution in [3.63, 3.8) is 0 Å². The molecule has 2 heterocycles. The summed E-state index contributed by atoms with van der Waals surface area (Å²) in [5, 5.41) is 0. The second-order valence-corrected chi connectivity index (χ2v) is 5.57. The fraction of sp³-hybridized carbons (Fsp3) is 1.00. The van der Waals surface area contributed by atoms with Crippen molar-refractivity contribution >= 4 is 11.6 Å². The second-order valence-electron chi connectivity index (χ2n) is 5.19. The predicted molar refractivity (Wildman–Crippen MR) is 67.9 cm³/mol. The molecule has 0 bridgehead atoms. The molecule has 5 heteroatoms. The molecular formula is C12H23ClN2O2. The first-order chi connectivity index (χ1) is 8.29. The van der Waals surface area contributed by atoms with Gasteiger partial charge in [-0.1, -0.05) is 0 Å². The molecule has 0 amide bonds. The number of hydrogen-bond acceptors (Lipinski definition) is 4. The van der Waals surface area contributed by atoms with Crippen LogP contribution in [0, 0.1) is 5.92 Å². The normalized spacial score (nSPS) is 35.3. The molecule has 1 spiro atoms. The minimum Gasteiger partial charge on any atom is -0.378 e. The standard InChI is InChI=1S/C12H23ClN2O2/c13-5-1-2-11(15-14)10-3-6-17-12(8-10)4-7-16-9-12/h10-11,15H,1-9,14H2. The highest BCUT2D eigenvalue weighted by Gasteiger charge is 2.42. The molecule has 0 saturated carbocycles. The molecule has 0 aliphatic carbocycles. The maximum absolute atomic E-state index is 5.94. The molecule has 0 radical (unpaired) electrons. The molecule has 0 aromatic carbocycles. The van der Waals surface area contributed by atoms with Gasteiger partial charge in [0.1, 0.15) is 0 Å². The van der Waals surface area contributed by atoms with E-state index in [1.807, 2.05) is 0 Å². The van der Waals surface area contributed by atoms with E-state index < -0.39 is 0 Å². The van der Waals surface area contributed by atoms with Crippen LogP contribution in [0.15, 0.2) is 0 Å². The summed E-state index contributed by atoms with van der Waals surface area (Å²) in [7, 11) is 0. The number of halogens is 1. The lowest BCUT2D eigenvalue weighted by Gasteiger charge is -2.40. The quantitative estimate of drug-likeness (QED) is 0.447. The lowest BCUT2D eigenvalue weighted by Crippen LogP contribution is -2.49. The molecule has 100 valence electrons. The Balaban J connectivity index is 1.90. The number of hydrogen-bond donors (Lipinski definition) is 2. The second kappa shape index (κ2) is 6.34. The summed E-state index contributed by atoms with van der Waals surface area (Å²) in [5.41, 5.74) is 2.93. The maximum atomic E-state index is 5.94. The third kappa shape index (κ3) is 3.32. The Morgan fingerprint density at radius 1 is 1.47 bits per heavy atom. The fourth-order valence-electron chi connectivity index (χ4n) is 3.02. The van der Waals surface area contributed by atoms with E-state index in [0.29, 0.717) is 17.8 Å². The minimum atomic E-state index is -0.0288. The molecule has 2 aliphatic rings. The van der Waals surface area contributed by atoms with E-state index >= 15 is 0 Å². The van der Waals surface area contributed by atoms with Gasteiger partial charge in [-0.3, -0.25) is 11.3 Å². The van der Waals surface area contributed by atoms with Gasteiger partial charge in [-0.15, -0.1) is 11.6 Å². The van der Waals surface area contributed by atoms with Crippen LogP contribution in [0.3, 0.4) is 0 Å². The average Bonchev–Trinajstić information content (AvgIpc) is 2.78. The van der Waals surface area contributed by atoms with Gasteiger partial charge < -0.3 is 9.47 Å². The number of alkyl halides is 1. The number of nitrogens with two attached hydrogens (primary N) is 1. The van der Waals surface area contributed by atoms with Crippen LogP contribution in [0.25, 0.3) is 0 Å². The lowest BCUT2D eigenvalue weighted by atomic mass is 9.80. The zero-order valence-electron chi connectivity index (χ0n) is 10.3. The number of nitrogens with one attached hydrogen (secondary N) is 1. The van der Waals surface area contributed by atoms with Gasteiger partial charge in [0.2, 0.25) is 0 Å². The number of rotatable bonds is 5. The zero-order chi connectivity index (χ0) is 12.1. The molecule has 17 heavy (non-hydrogen) atoms. The molecule has 0 aromatic rings. The summed E-state index contributed by atoms with van der Waals surface area (Å²) in [6.45, 7) is 2.40. The third-order valence-corrected chi connectivity index (χ3v) is 4.30. The van der Waals surface area contributed by atoms with E-state index in [2.05, 4.69) is 5.43 Å². The van der Waals surface area contributed by atoms with Crippen LogP contribution >= 0.6 is 11.6 Å². The van der Waals surface area contributed by atoms with Gasteiger partial charge in [0, 0.05) is 31.6 Å². The first kappa shape index (κ1) is 13.6. The van der Waals surface area contributed by atoms with Gasteiger partial charge >= 0.3 is 0 Å². The highest BCUT2D eigenvalue weighted by atomic mass is 35.5. The Hall–Kier alpha value is 0.130. The van der Waals surface area contributed by atoms with Gasteiger partial charge in [-0.2, -0.15) is 0 Å². The van der Waals surface area contributed by atoms with Gasteiger partial charge in [0.15, 0.2) is 0 Å². The molecule has 3 N–H and O–H groups in total. The molecule has 3 unspecified atom stereocenters. The highest BCUT2D eigenvalue weighted by molar-refractivity contribution is 6.17. The van der Waals surface area contributed by atoms with Crippen LogP contribution in [0.4, 0.5) is 0 Å². The molecule has 3 atom stereocenters. The van der Waals surface area contributed by atoms with E-state index in [-0.39, 0.29) is 5.60 Å². The minimum absolute atomic E-state index is 0.0288. The summed E-state index contributed by atoms with van der Waals surface area (Å²) in [6, 6.07) is 0.357. The Morgan fingerprint density at radius 3 is 3.00 bits per heavy atom. The summed E-state index contributed by atoms with van der Waals surface area (Å²) in [5.74, 6) is 6.95. The van der Waals surface area contributed by atoms with Gasteiger partial charge in [0.05, 0.1) is 12.2 Å². The molecule has 2 aliphatic heterocycles. The van der Waals surface area contributed by atoms with Gasteiger partial charge in [0.25, 0.3) is 0 Å². The van der Waals surface area contributed by atoms with Crippen molar-refractivity contribution in [3.05, 3.63) is 0 Å². The van der Waals surface area contributed by atoms with E-state index in [4.69, 9.17) is 26.9 Å². The molecule has 2 rings (SSSR count). The molecule has 2 saturated heterocycles. The number of ether oxygens (including phenoxy) is 2. The Bertz CT molecular complexity index is 235. The van der Waals surface area contributed by atoms with Crippen LogP contribution in [0.1, 0.15) is 32.1 Å². The van der Waals surface area contributed by atoms with Crippen LogP contribution < -0.4 is 11.3 Å². The lowest BCUT2D eigenvalue weighted by molar-refractivity contribution is -0.103. The van der Waals surface area contributed by atoms with Crippen LogP contribution in [-0.2, 0) is 9.47 Å². The fourth-order valence-corrected chi connectivity index (χ4v) is 3.18.